The van der Waals surface area contributed by atoms with Gasteiger partial charge < -0.3 is 9.64 Å². The van der Waals surface area contributed by atoms with Crippen molar-refractivity contribution in [2.24, 2.45) is 5.92 Å². The van der Waals surface area contributed by atoms with E-state index in [1.165, 1.54) is 12.0 Å². The molecule has 3 nitrogen and oxygen atoms in total. The van der Waals surface area contributed by atoms with Gasteiger partial charge in [-0.3, -0.25) is 4.79 Å². The second-order valence-electron chi connectivity index (χ2n) is 7.23. The third-order valence-electron chi connectivity index (χ3n) is 4.59. The number of hydrogen-bond acceptors (Lipinski definition) is 2. The predicted molar refractivity (Wildman–Crippen MR) is 94.8 cm³/mol. The molecule has 1 fully saturated rings. The summed E-state index contributed by atoms with van der Waals surface area (Å²) < 4.78 is 5.71. The molecule has 1 saturated heterocycles. The third-order valence-corrected chi connectivity index (χ3v) is 4.59. The van der Waals surface area contributed by atoms with E-state index in [9.17, 15) is 4.79 Å². The van der Waals surface area contributed by atoms with E-state index in [-0.39, 0.29) is 12.0 Å². The van der Waals surface area contributed by atoms with Crippen LogP contribution in [0.3, 0.4) is 0 Å². The smallest absolute Gasteiger partial charge is 0.223 e. The summed E-state index contributed by atoms with van der Waals surface area (Å²) in [6.45, 7) is 10.3. The highest BCUT2D eigenvalue weighted by Crippen LogP contribution is 2.30. The van der Waals surface area contributed by atoms with Crippen molar-refractivity contribution in [3.05, 3.63) is 29.8 Å². The quantitative estimate of drug-likeness (QED) is 0.766. The van der Waals surface area contributed by atoms with Crippen molar-refractivity contribution in [3.8, 4) is 5.75 Å². The van der Waals surface area contributed by atoms with E-state index in [1.54, 1.807) is 0 Å². The summed E-state index contributed by atoms with van der Waals surface area (Å²) in [4.78, 5) is 14.7. The number of nitrogens with zero attached hydrogens (tertiary/aromatic N) is 1. The van der Waals surface area contributed by atoms with E-state index in [4.69, 9.17) is 4.74 Å². The summed E-state index contributed by atoms with van der Waals surface area (Å²) in [7, 11) is 0. The molecule has 3 heteroatoms. The average Bonchev–Trinajstić information content (AvgIpc) is 2.53. The van der Waals surface area contributed by atoms with Gasteiger partial charge in [0, 0.05) is 19.5 Å². The molecule has 0 aliphatic carbocycles. The Balaban J connectivity index is 2.04. The number of amides is 1. The molecule has 1 aliphatic heterocycles. The molecular weight excluding hydrogens is 286 g/mol. The molecule has 0 bridgehead atoms. The van der Waals surface area contributed by atoms with Crippen LogP contribution in [-0.4, -0.2) is 30.0 Å². The normalized spacial score (nSPS) is 16.7. The molecule has 1 atom stereocenters. The molecule has 0 spiro atoms. The highest BCUT2D eigenvalue weighted by molar-refractivity contribution is 5.77. The zero-order chi connectivity index (χ0) is 16.8. The molecule has 23 heavy (non-hydrogen) atoms. The Morgan fingerprint density at radius 1 is 1.04 bits per heavy atom. The summed E-state index contributed by atoms with van der Waals surface area (Å²) >= 11 is 0. The minimum absolute atomic E-state index is 0.183. The van der Waals surface area contributed by atoms with E-state index < -0.39 is 0 Å². The highest BCUT2D eigenvalue weighted by Gasteiger charge is 2.24. The molecule has 0 unspecified atom stereocenters. The van der Waals surface area contributed by atoms with E-state index in [2.05, 4.69) is 30.9 Å². The van der Waals surface area contributed by atoms with E-state index >= 15 is 0 Å². The first-order chi connectivity index (χ1) is 11.0. The predicted octanol–water partition coefficient (Wildman–Crippen LogP) is 4.62. The molecule has 1 aliphatic rings. The lowest BCUT2D eigenvalue weighted by Gasteiger charge is -2.29. The molecular formula is C20H31NO2. The molecule has 0 saturated carbocycles. The van der Waals surface area contributed by atoms with Crippen LogP contribution in [0.4, 0.5) is 0 Å². The van der Waals surface area contributed by atoms with Crippen molar-refractivity contribution < 1.29 is 9.53 Å². The summed E-state index contributed by atoms with van der Waals surface area (Å²) in [6.07, 6.45) is 4.36. The summed E-state index contributed by atoms with van der Waals surface area (Å²) in [5.74, 6) is 1.93. The van der Waals surface area contributed by atoms with E-state index in [1.807, 2.05) is 26.0 Å². The standard InChI is InChI=1S/C20H31NO2/c1-15(2)19(14-20(22)21-12-6-5-7-13-21)17-8-10-18(11-9-17)23-16(3)4/h8-11,15-16,19H,5-7,12-14H2,1-4H3/t19-/m0/s1. The van der Waals surface area contributed by atoms with Crippen LogP contribution in [0.25, 0.3) is 0 Å². The molecule has 1 aromatic carbocycles. The first-order valence-corrected chi connectivity index (χ1v) is 9.01. The van der Waals surface area contributed by atoms with Crippen LogP contribution in [0.15, 0.2) is 24.3 Å². The number of rotatable bonds is 6. The van der Waals surface area contributed by atoms with Crippen molar-refractivity contribution in [3.63, 3.8) is 0 Å². The number of benzene rings is 1. The molecule has 0 aromatic heterocycles. The fourth-order valence-electron chi connectivity index (χ4n) is 3.26. The lowest BCUT2D eigenvalue weighted by atomic mass is 9.85. The molecule has 2 rings (SSSR count). The lowest BCUT2D eigenvalue weighted by Crippen LogP contribution is -2.36. The van der Waals surface area contributed by atoms with Gasteiger partial charge in [0.2, 0.25) is 5.91 Å². The summed E-state index contributed by atoms with van der Waals surface area (Å²) in [5.41, 5.74) is 1.24. The number of piperidine rings is 1. The van der Waals surface area contributed by atoms with Gasteiger partial charge >= 0.3 is 0 Å². The fourth-order valence-corrected chi connectivity index (χ4v) is 3.26. The van der Waals surface area contributed by atoms with Crippen LogP contribution in [0.1, 0.15) is 64.9 Å². The molecule has 0 radical (unpaired) electrons. The first-order valence-electron chi connectivity index (χ1n) is 9.01. The minimum Gasteiger partial charge on any atom is -0.491 e. The minimum atomic E-state index is 0.183. The van der Waals surface area contributed by atoms with Gasteiger partial charge in [0.15, 0.2) is 0 Å². The van der Waals surface area contributed by atoms with Crippen molar-refractivity contribution >= 4 is 5.91 Å². The topological polar surface area (TPSA) is 29.5 Å². The van der Waals surface area contributed by atoms with Gasteiger partial charge in [0.25, 0.3) is 0 Å². The van der Waals surface area contributed by atoms with Gasteiger partial charge in [-0.2, -0.15) is 0 Å². The van der Waals surface area contributed by atoms with Gasteiger partial charge in [0.1, 0.15) is 5.75 Å². The summed E-state index contributed by atoms with van der Waals surface area (Å²) in [5, 5.41) is 0. The van der Waals surface area contributed by atoms with Crippen LogP contribution in [0, 0.1) is 5.92 Å². The summed E-state index contributed by atoms with van der Waals surface area (Å²) in [6, 6.07) is 8.28. The third kappa shape index (κ3) is 5.26. The Morgan fingerprint density at radius 3 is 2.17 bits per heavy atom. The number of hydrogen-bond donors (Lipinski definition) is 0. The van der Waals surface area contributed by atoms with Gasteiger partial charge in [-0.15, -0.1) is 0 Å². The Bertz CT molecular complexity index is 487. The largest absolute Gasteiger partial charge is 0.491 e. The van der Waals surface area contributed by atoms with Crippen LogP contribution in [0.5, 0.6) is 5.75 Å². The Kier molecular flexibility index (Phi) is 6.49. The fraction of sp³-hybridized carbons (Fsp3) is 0.650. The average molecular weight is 317 g/mol. The van der Waals surface area contributed by atoms with Gasteiger partial charge in [-0.25, -0.2) is 0 Å². The second-order valence-corrected chi connectivity index (χ2v) is 7.23. The number of likely N-dealkylation sites (tertiary alicyclic amines) is 1. The van der Waals surface area contributed by atoms with E-state index in [0.29, 0.717) is 18.2 Å². The Labute approximate surface area is 141 Å². The second kappa shape index (κ2) is 8.37. The maximum Gasteiger partial charge on any atom is 0.223 e. The monoisotopic (exact) mass is 317 g/mol. The highest BCUT2D eigenvalue weighted by atomic mass is 16.5. The van der Waals surface area contributed by atoms with Crippen molar-refractivity contribution in [1.29, 1.82) is 0 Å². The van der Waals surface area contributed by atoms with Crippen LogP contribution in [-0.2, 0) is 4.79 Å². The maximum atomic E-state index is 12.6. The SMILES string of the molecule is CC(C)Oc1ccc([C@@H](CC(=O)N2CCCCC2)C(C)C)cc1. The number of carbonyl (C=O) groups is 1. The Hall–Kier alpha value is -1.51. The van der Waals surface area contributed by atoms with Gasteiger partial charge in [-0.1, -0.05) is 26.0 Å². The molecule has 1 aromatic rings. The van der Waals surface area contributed by atoms with Gasteiger partial charge in [-0.05, 0) is 62.6 Å². The molecule has 1 heterocycles. The van der Waals surface area contributed by atoms with Gasteiger partial charge in [0.05, 0.1) is 6.10 Å². The molecule has 1 amide bonds. The van der Waals surface area contributed by atoms with Crippen LogP contribution in [0.2, 0.25) is 0 Å². The number of carbonyl (C=O) groups excluding carboxylic acids is 1. The molecule has 0 N–H and O–H groups in total. The zero-order valence-electron chi connectivity index (χ0n) is 15.0. The maximum absolute atomic E-state index is 12.6. The lowest BCUT2D eigenvalue weighted by molar-refractivity contribution is -0.132. The van der Waals surface area contributed by atoms with E-state index in [0.717, 1.165) is 31.7 Å². The van der Waals surface area contributed by atoms with Crippen LogP contribution >= 0.6 is 0 Å². The van der Waals surface area contributed by atoms with Crippen molar-refractivity contribution in [1.82, 2.24) is 4.90 Å². The zero-order valence-corrected chi connectivity index (χ0v) is 15.0. The van der Waals surface area contributed by atoms with Crippen molar-refractivity contribution in [2.75, 3.05) is 13.1 Å². The molecule has 128 valence electrons. The van der Waals surface area contributed by atoms with Crippen molar-refractivity contribution in [2.45, 2.75) is 65.4 Å². The van der Waals surface area contributed by atoms with Crippen LogP contribution < -0.4 is 4.74 Å². The Morgan fingerprint density at radius 2 is 1.65 bits per heavy atom. The number of ether oxygens (including phenoxy) is 1. The first kappa shape index (κ1) is 17.8.